The molecule has 25 heavy (non-hydrogen) atoms. The summed E-state index contributed by atoms with van der Waals surface area (Å²) in [4.78, 5) is 28.7. The normalized spacial score (nSPS) is 18.2. The predicted octanol–water partition coefficient (Wildman–Crippen LogP) is 3.90. The molecule has 3 rings (SSSR count). The van der Waals surface area contributed by atoms with Crippen molar-refractivity contribution < 1.29 is 9.59 Å². The van der Waals surface area contributed by atoms with Gasteiger partial charge < -0.3 is 10.6 Å². The topological polar surface area (TPSA) is 70.6 Å². The highest BCUT2D eigenvalue weighted by atomic mass is 35.5. The SMILES string of the molecule is Cc1c(Cl)cccc1NC(=O)CC1SC(=Nc2ccccc2)NC1=O. The van der Waals surface area contributed by atoms with E-state index in [4.69, 9.17) is 11.6 Å². The number of rotatable bonds is 4. The monoisotopic (exact) mass is 373 g/mol. The number of thioether (sulfide) groups is 1. The van der Waals surface area contributed by atoms with Crippen LogP contribution < -0.4 is 10.6 Å². The van der Waals surface area contributed by atoms with Crippen molar-refractivity contribution in [3.8, 4) is 0 Å². The Morgan fingerprint density at radius 3 is 2.76 bits per heavy atom. The molecule has 1 aliphatic heterocycles. The van der Waals surface area contributed by atoms with Crippen molar-refractivity contribution in [1.82, 2.24) is 5.32 Å². The number of benzene rings is 2. The van der Waals surface area contributed by atoms with Gasteiger partial charge in [-0.25, -0.2) is 4.99 Å². The van der Waals surface area contributed by atoms with E-state index in [9.17, 15) is 9.59 Å². The highest BCUT2D eigenvalue weighted by molar-refractivity contribution is 8.15. The van der Waals surface area contributed by atoms with Gasteiger partial charge in [-0.2, -0.15) is 0 Å². The van der Waals surface area contributed by atoms with Gasteiger partial charge in [-0.1, -0.05) is 47.6 Å². The number of carbonyl (C=O) groups excluding carboxylic acids is 2. The van der Waals surface area contributed by atoms with E-state index in [0.29, 0.717) is 15.9 Å². The van der Waals surface area contributed by atoms with Crippen LogP contribution in [0.25, 0.3) is 0 Å². The molecule has 5 nitrogen and oxygen atoms in total. The van der Waals surface area contributed by atoms with E-state index in [1.807, 2.05) is 37.3 Å². The minimum absolute atomic E-state index is 0.0657. The Kier molecular flexibility index (Phi) is 5.40. The van der Waals surface area contributed by atoms with Crippen molar-refractivity contribution >= 4 is 51.7 Å². The maximum absolute atomic E-state index is 12.3. The second kappa shape index (κ2) is 7.72. The number of amides is 2. The summed E-state index contributed by atoms with van der Waals surface area (Å²) in [5.41, 5.74) is 2.21. The zero-order chi connectivity index (χ0) is 17.8. The van der Waals surface area contributed by atoms with Gasteiger partial charge in [-0.3, -0.25) is 9.59 Å². The fraction of sp³-hybridized carbons (Fsp3) is 0.167. The van der Waals surface area contributed by atoms with E-state index in [0.717, 1.165) is 11.3 Å². The minimum atomic E-state index is -0.498. The van der Waals surface area contributed by atoms with Crippen molar-refractivity contribution in [2.45, 2.75) is 18.6 Å². The molecule has 2 aromatic rings. The lowest BCUT2D eigenvalue weighted by Crippen LogP contribution is -2.28. The highest BCUT2D eigenvalue weighted by Gasteiger charge is 2.32. The maximum atomic E-state index is 12.3. The van der Waals surface area contributed by atoms with Gasteiger partial charge in [-0.15, -0.1) is 0 Å². The molecule has 0 spiro atoms. The van der Waals surface area contributed by atoms with Gasteiger partial charge in [0.1, 0.15) is 5.25 Å². The van der Waals surface area contributed by atoms with Crippen molar-refractivity contribution in [2.24, 2.45) is 4.99 Å². The Bertz CT molecular complexity index is 839. The van der Waals surface area contributed by atoms with Gasteiger partial charge in [0.25, 0.3) is 0 Å². The van der Waals surface area contributed by atoms with Crippen LogP contribution in [-0.2, 0) is 9.59 Å². The van der Waals surface area contributed by atoms with Gasteiger partial charge in [0.15, 0.2) is 5.17 Å². The Morgan fingerprint density at radius 1 is 1.24 bits per heavy atom. The van der Waals surface area contributed by atoms with Crippen molar-refractivity contribution in [1.29, 1.82) is 0 Å². The van der Waals surface area contributed by atoms with Crippen molar-refractivity contribution in [3.63, 3.8) is 0 Å². The number of hydrogen-bond donors (Lipinski definition) is 2. The molecule has 2 amide bonds. The quantitative estimate of drug-likeness (QED) is 0.853. The molecule has 2 N–H and O–H groups in total. The van der Waals surface area contributed by atoms with E-state index in [1.165, 1.54) is 11.8 Å². The Labute approximate surface area is 154 Å². The van der Waals surface area contributed by atoms with Gasteiger partial charge in [0, 0.05) is 17.1 Å². The molecule has 128 valence electrons. The zero-order valence-electron chi connectivity index (χ0n) is 13.5. The summed E-state index contributed by atoms with van der Waals surface area (Å²) >= 11 is 7.31. The lowest BCUT2D eigenvalue weighted by atomic mass is 10.2. The van der Waals surface area contributed by atoms with E-state index < -0.39 is 5.25 Å². The third kappa shape index (κ3) is 4.41. The summed E-state index contributed by atoms with van der Waals surface area (Å²) in [6.45, 7) is 1.83. The van der Waals surface area contributed by atoms with Crippen LogP contribution in [0.3, 0.4) is 0 Å². The predicted molar refractivity (Wildman–Crippen MR) is 102 cm³/mol. The van der Waals surface area contributed by atoms with Crippen LogP contribution >= 0.6 is 23.4 Å². The van der Waals surface area contributed by atoms with Crippen molar-refractivity contribution in [2.75, 3.05) is 5.32 Å². The minimum Gasteiger partial charge on any atom is -0.326 e. The van der Waals surface area contributed by atoms with Crippen LogP contribution in [0.1, 0.15) is 12.0 Å². The molecule has 0 aromatic heterocycles. The number of halogens is 1. The summed E-state index contributed by atoms with van der Waals surface area (Å²) < 4.78 is 0. The lowest BCUT2D eigenvalue weighted by molar-refractivity contribution is -0.122. The molecule has 1 heterocycles. The molecule has 1 aliphatic rings. The van der Waals surface area contributed by atoms with Crippen LogP contribution in [-0.4, -0.2) is 22.2 Å². The average Bonchev–Trinajstić information content (AvgIpc) is 2.92. The van der Waals surface area contributed by atoms with E-state index in [1.54, 1.807) is 18.2 Å². The van der Waals surface area contributed by atoms with Crippen LogP contribution in [0.2, 0.25) is 5.02 Å². The Balaban J connectivity index is 1.63. The molecule has 7 heteroatoms. The second-order valence-electron chi connectivity index (χ2n) is 5.51. The summed E-state index contributed by atoms with van der Waals surface area (Å²) in [5, 5.41) is 6.12. The van der Waals surface area contributed by atoms with E-state index >= 15 is 0 Å². The largest absolute Gasteiger partial charge is 0.326 e. The third-order valence-electron chi connectivity index (χ3n) is 3.68. The van der Waals surface area contributed by atoms with Gasteiger partial charge in [-0.05, 0) is 36.8 Å². The standard InChI is InChI=1S/C18H16ClN3O2S/c1-11-13(19)8-5-9-14(11)21-16(23)10-15-17(24)22-18(25-15)20-12-6-3-2-4-7-12/h2-9,15H,10H2,1H3,(H,21,23)(H,20,22,24). The third-order valence-corrected chi connectivity index (χ3v) is 5.17. The molecule has 0 saturated carbocycles. The average molecular weight is 374 g/mol. The van der Waals surface area contributed by atoms with Crippen LogP contribution in [0.15, 0.2) is 53.5 Å². The maximum Gasteiger partial charge on any atom is 0.240 e. The molecule has 0 aliphatic carbocycles. The Morgan fingerprint density at radius 2 is 2.00 bits per heavy atom. The highest BCUT2D eigenvalue weighted by Crippen LogP contribution is 2.27. The molecule has 0 bridgehead atoms. The first-order valence-corrected chi connectivity index (χ1v) is 8.95. The molecular formula is C18H16ClN3O2S. The number of nitrogens with zero attached hydrogens (tertiary/aromatic N) is 1. The molecule has 0 radical (unpaired) electrons. The number of aliphatic imine (C=N–C) groups is 1. The molecule has 1 unspecified atom stereocenters. The number of carbonyl (C=O) groups is 2. The first-order valence-electron chi connectivity index (χ1n) is 7.69. The van der Waals surface area contributed by atoms with E-state index in [-0.39, 0.29) is 18.2 Å². The Hall–Kier alpha value is -2.31. The summed E-state index contributed by atoms with van der Waals surface area (Å²) in [6.07, 6.45) is 0.0657. The first-order chi connectivity index (χ1) is 12.0. The first kappa shape index (κ1) is 17.5. The lowest BCUT2D eigenvalue weighted by Gasteiger charge is -2.10. The van der Waals surface area contributed by atoms with Gasteiger partial charge >= 0.3 is 0 Å². The summed E-state index contributed by atoms with van der Waals surface area (Å²) in [7, 11) is 0. The summed E-state index contributed by atoms with van der Waals surface area (Å²) in [6, 6.07) is 14.7. The summed E-state index contributed by atoms with van der Waals surface area (Å²) in [5.74, 6) is -0.448. The second-order valence-corrected chi connectivity index (χ2v) is 7.11. The van der Waals surface area contributed by atoms with Crippen LogP contribution in [0.5, 0.6) is 0 Å². The van der Waals surface area contributed by atoms with Gasteiger partial charge in [0.05, 0.1) is 5.69 Å². The molecule has 1 saturated heterocycles. The number of anilines is 1. The van der Waals surface area contributed by atoms with E-state index in [2.05, 4.69) is 15.6 Å². The number of hydrogen-bond acceptors (Lipinski definition) is 4. The molecule has 1 atom stereocenters. The molecule has 1 fully saturated rings. The molecular weight excluding hydrogens is 358 g/mol. The smallest absolute Gasteiger partial charge is 0.240 e. The number of nitrogens with one attached hydrogen (secondary N) is 2. The van der Waals surface area contributed by atoms with Crippen molar-refractivity contribution in [3.05, 3.63) is 59.1 Å². The fourth-order valence-corrected chi connectivity index (χ4v) is 3.49. The van der Waals surface area contributed by atoms with Crippen LogP contribution in [0, 0.1) is 6.92 Å². The number of para-hydroxylation sites is 1. The van der Waals surface area contributed by atoms with Crippen LogP contribution in [0.4, 0.5) is 11.4 Å². The zero-order valence-corrected chi connectivity index (χ0v) is 15.0. The molecule has 2 aromatic carbocycles. The van der Waals surface area contributed by atoms with Gasteiger partial charge in [0.2, 0.25) is 11.8 Å². The number of amidine groups is 1. The fourth-order valence-electron chi connectivity index (χ4n) is 2.32.